The van der Waals surface area contributed by atoms with E-state index in [0.29, 0.717) is 24.2 Å². The first-order valence-corrected chi connectivity index (χ1v) is 21.5. The monoisotopic (exact) mass is 818 g/mol. The summed E-state index contributed by atoms with van der Waals surface area (Å²) in [5, 5.41) is 0. The number of likely N-dealkylation sites (N-methyl/N-ethyl adjacent to an activating group) is 2. The first kappa shape index (κ1) is 43.1. The van der Waals surface area contributed by atoms with Crippen molar-refractivity contribution in [1.29, 1.82) is 0 Å². The van der Waals surface area contributed by atoms with Crippen LogP contribution in [0.3, 0.4) is 0 Å². The van der Waals surface area contributed by atoms with E-state index in [-0.39, 0.29) is 23.2 Å². The summed E-state index contributed by atoms with van der Waals surface area (Å²) in [6.45, 7) is 6.22. The zero-order valence-corrected chi connectivity index (χ0v) is 35.6. The van der Waals surface area contributed by atoms with Crippen molar-refractivity contribution in [2.75, 3.05) is 63.2 Å². The van der Waals surface area contributed by atoms with Crippen LogP contribution in [-0.2, 0) is 25.7 Å². The highest BCUT2D eigenvalue weighted by Gasteiger charge is 2.22. The number of nitrogens with zero attached hydrogens (tertiary/aromatic N) is 4. The van der Waals surface area contributed by atoms with E-state index in [4.69, 9.17) is 0 Å². The zero-order chi connectivity index (χ0) is 42.7. The predicted octanol–water partition coefficient (Wildman–Crippen LogP) is 10.8. The number of carbonyl (C=O) groups excluding carboxylic acids is 2. The molecule has 0 bridgehead atoms. The van der Waals surface area contributed by atoms with E-state index in [1.807, 2.05) is 23.9 Å². The Labute approximate surface area is 360 Å². The first-order valence-electron chi connectivity index (χ1n) is 21.5. The van der Waals surface area contributed by atoms with E-state index in [2.05, 4.69) is 108 Å². The van der Waals surface area contributed by atoms with Gasteiger partial charge in [-0.3, -0.25) is 19.4 Å². The molecule has 0 fully saturated rings. The summed E-state index contributed by atoms with van der Waals surface area (Å²) in [5.41, 5.74) is 13.1. The minimum absolute atomic E-state index is 0.0166. The van der Waals surface area contributed by atoms with Gasteiger partial charge in [-0.1, -0.05) is 72.3 Å². The van der Waals surface area contributed by atoms with Gasteiger partial charge in [0.15, 0.2) is 11.6 Å². The second kappa shape index (κ2) is 20.5. The smallest absolute Gasteiger partial charge is 0.176 e. The maximum Gasteiger partial charge on any atom is 0.176 e. The Morgan fingerprint density at radius 3 is 1.26 bits per heavy atom. The summed E-state index contributed by atoms with van der Waals surface area (Å²) < 4.78 is 26.2. The minimum atomic E-state index is -0.321. The van der Waals surface area contributed by atoms with Gasteiger partial charge in [0.05, 0.1) is 13.1 Å². The van der Waals surface area contributed by atoms with Crippen LogP contribution >= 0.6 is 0 Å². The third kappa shape index (κ3) is 11.3. The fourth-order valence-electron chi connectivity index (χ4n) is 8.51. The molecule has 61 heavy (non-hydrogen) atoms. The molecule has 0 radical (unpaired) electrons. The van der Waals surface area contributed by atoms with Crippen LogP contribution in [0, 0.1) is 18.6 Å². The number of halogens is 2. The van der Waals surface area contributed by atoms with Gasteiger partial charge in [0.2, 0.25) is 0 Å². The highest BCUT2D eigenvalue weighted by molar-refractivity contribution is 5.98. The van der Waals surface area contributed by atoms with Crippen LogP contribution in [0.5, 0.6) is 0 Å². The summed E-state index contributed by atoms with van der Waals surface area (Å²) >= 11 is 0. The molecular weight excluding hydrogens is 763 g/mol. The van der Waals surface area contributed by atoms with Crippen molar-refractivity contribution in [3.05, 3.63) is 190 Å². The summed E-state index contributed by atoms with van der Waals surface area (Å²) in [6, 6.07) is 44.3. The van der Waals surface area contributed by atoms with Crippen molar-refractivity contribution >= 4 is 34.3 Å². The van der Waals surface area contributed by atoms with Crippen LogP contribution in [0.4, 0.5) is 31.5 Å². The van der Waals surface area contributed by atoms with Gasteiger partial charge in [0.25, 0.3) is 0 Å². The largest absolute Gasteiger partial charge is 0.341 e. The van der Waals surface area contributed by atoms with Crippen molar-refractivity contribution in [3.63, 3.8) is 0 Å². The number of aryl methyl sites for hydroxylation is 5. The molecule has 2 heterocycles. The molecule has 6 aromatic carbocycles. The molecule has 0 spiro atoms. The number of ketones is 2. The maximum atomic E-state index is 13.1. The lowest BCUT2D eigenvalue weighted by Gasteiger charge is -2.28. The van der Waals surface area contributed by atoms with Gasteiger partial charge in [0, 0.05) is 60.1 Å². The SMILES string of the molecule is CN(CCCN1c2ccccc2CCc2ccccc21)CC(=O)c1ccc(F)cc1.Cc1ccc2c(c1)CCc1ccccc1N2CCCN(C)CC(=O)c1ccc(F)cc1. The fraction of sp³-hybridized carbons (Fsp3) is 0.283. The number of para-hydroxylation sites is 3. The van der Waals surface area contributed by atoms with E-state index in [1.165, 1.54) is 74.8 Å². The van der Waals surface area contributed by atoms with Crippen molar-refractivity contribution in [3.8, 4) is 0 Å². The number of rotatable bonds is 14. The summed E-state index contributed by atoms with van der Waals surface area (Å²) in [5.74, 6) is -0.609. The summed E-state index contributed by atoms with van der Waals surface area (Å²) in [7, 11) is 3.93. The molecule has 2 aliphatic rings. The third-order valence-corrected chi connectivity index (χ3v) is 11.7. The molecule has 0 saturated carbocycles. The molecule has 8 heteroatoms. The van der Waals surface area contributed by atoms with E-state index in [9.17, 15) is 18.4 Å². The Hall–Kier alpha value is -5.96. The standard InChI is InChI=1S/C27H29FN2O.C26H27FN2O/c1-20-8-15-26-23(18-20)10-9-21-6-3-4-7-25(21)30(26)17-5-16-29(2)19-27(31)22-11-13-24(28)14-12-22;1-28(19-26(30)22-13-15-23(27)16-14-22)17-6-18-29-24-9-4-2-7-20(24)11-12-21-8-3-5-10-25(21)29/h3-4,6-8,11-15,18H,5,9-10,16-17,19H2,1-2H3;2-5,7-10,13-16H,6,11-12,17-19H2,1H3. The number of hydrogen-bond donors (Lipinski definition) is 0. The lowest BCUT2D eigenvalue weighted by molar-refractivity contribution is 0.0938. The second-order valence-corrected chi connectivity index (χ2v) is 16.4. The van der Waals surface area contributed by atoms with Crippen LogP contribution in [-0.4, -0.2) is 74.7 Å². The number of fused-ring (bicyclic) bond motifs is 4. The van der Waals surface area contributed by atoms with Gasteiger partial charge in [0.1, 0.15) is 11.6 Å². The molecule has 0 saturated heterocycles. The normalized spacial score (nSPS) is 13.0. The average Bonchev–Trinajstić information content (AvgIpc) is 3.52. The van der Waals surface area contributed by atoms with Gasteiger partial charge in [-0.05, 0) is 155 Å². The highest BCUT2D eigenvalue weighted by atomic mass is 19.1. The highest BCUT2D eigenvalue weighted by Crippen LogP contribution is 2.37. The van der Waals surface area contributed by atoms with Gasteiger partial charge >= 0.3 is 0 Å². The Morgan fingerprint density at radius 1 is 0.492 bits per heavy atom. The van der Waals surface area contributed by atoms with Gasteiger partial charge in [-0.15, -0.1) is 0 Å². The number of carbonyl (C=O) groups is 2. The molecule has 314 valence electrons. The van der Waals surface area contributed by atoms with Gasteiger partial charge in [-0.2, -0.15) is 0 Å². The zero-order valence-electron chi connectivity index (χ0n) is 35.6. The second-order valence-electron chi connectivity index (χ2n) is 16.4. The molecule has 2 aliphatic heterocycles. The van der Waals surface area contributed by atoms with E-state index < -0.39 is 0 Å². The van der Waals surface area contributed by atoms with E-state index in [1.54, 1.807) is 24.3 Å². The fourth-order valence-corrected chi connectivity index (χ4v) is 8.51. The molecule has 6 aromatic rings. The lowest BCUT2D eigenvalue weighted by atomic mass is 10.0. The maximum absolute atomic E-state index is 13.1. The van der Waals surface area contributed by atoms with Crippen molar-refractivity contribution in [1.82, 2.24) is 9.80 Å². The van der Waals surface area contributed by atoms with Crippen LogP contribution in [0.1, 0.15) is 61.4 Å². The minimum Gasteiger partial charge on any atom is -0.341 e. The Bertz CT molecular complexity index is 2370. The quantitative estimate of drug-likeness (QED) is 0.102. The number of Topliss-reactive ketones (excluding diaryl/α,β-unsaturated/α-hetero) is 2. The number of anilines is 4. The molecule has 0 aromatic heterocycles. The predicted molar refractivity (Wildman–Crippen MR) is 245 cm³/mol. The Kier molecular flexibility index (Phi) is 14.5. The van der Waals surface area contributed by atoms with Crippen molar-refractivity contribution in [2.45, 2.75) is 45.4 Å². The van der Waals surface area contributed by atoms with Gasteiger partial charge < -0.3 is 9.80 Å². The molecule has 0 amide bonds. The first-order chi connectivity index (χ1) is 29.6. The summed E-state index contributed by atoms with van der Waals surface area (Å²) in [6.07, 6.45) is 6.09. The molecule has 8 rings (SSSR count). The molecule has 0 atom stereocenters. The molecular formula is C53H56F2N4O2. The summed E-state index contributed by atoms with van der Waals surface area (Å²) in [4.78, 5) is 33.8. The van der Waals surface area contributed by atoms with Crippen LogP contribution < -0.4 is 9.80 Å². The lowest BCUT2D eigenvalue weighted by Crippen LogP contribution is -2.30. The Morgan fingerprint density at radius 2 is 0.852 bits per heavy atom. The number of benzene rings is 6. The molecule has 0 aliphatic carbocycles. The van der Waals surface area contributed by atoms with Crippen LogP contribution in [0.15, 0.2) is 140 Å². The molecule has 6 nitrogen and oxygen atoms in total. The van der Waals surface area contributed by atoms with Crippen LogP contribution in [0.2, 0.25) is 0 Å². The average molecular weight is 819 g/mol. The van der Waals surface area contributed by atoms with Gasteiger partial charge in [-0.25, -0.2) is 8.78 Å². The topological polar surface area (TPSA) is 47.1 Å². The molecule has 0 unspecified atom stereocenters. The third-order valence-electron chi connectivity index (χ3n) is 11.7. The Balaban J connectivity index is 0.000000184. The number of hydrogen-bond acceptors (Lipinski definition) is 6. The molecule has 0 N–H and O–H groups in total. The van der Waals surface area contributed by atoms with Crippen molar-refractivity contribution < 1.29 is 18.4 Å². The van der Waals surface area contributed by atoms with Crippen molar-refractivity contribution in [2.24, 2.45) is 0 Å². The van der Waals surface area contributed by atoms with E-state index >= 15 is 0 Å². The van der Waals surface area contributed by atoms with E-state index in [0.717, 1.165) is 64.7 Å². The van der Waals surface area contributed by atoms with Crippen LogP contribution in [0.25, 0.3) is 0 Å².